The summed E-state index contributed by atoms with van der Waals surface area (Å²) in [6, 6.07) is 17.0. The molecular formula is C24H23N2O2. The van der Waals surface area contributed by atoms with E-state index < -0.39 is 5.91 Å². The van der Waals surface area contributed by atoms with Crippen LogP contribution >= 0.6 is 0 Å². The lowest BCUT2D eigenvalue weighted by atomic mass is 9.99. The number of nitrogens with two attached hydrogens (primary N) is 1. The monoisotopic (exact) mass is 371 g/mol. The van der Waals surface area contributed by atoms with Crippen LogP contribution in [0.4, 0.5) is 0 Å². The van der Waals surface area contributed by atoms with Gasteiger partial charge in [-0.1, -0.05) is 23.8 Å². The molecule has 0 atom stereocenters. The van der Waals surface area contributed by atoms with E-state index in [9.17, 15) is 9.90 Å². The maximum atomic E-state index is 12.1. The Kier molecular flexibility index (Phi) is 4.44. The molecule has 1 heterocycles. The van der Waals surface area contributed by atoms with E-state index in [0.717, 1.165) is 27.4 Å². The van der Waals surface area contributed by atoms with Crippen LogP contribution in [0.5, 0.6) is 0 Å². The van der Waals surface area contributed by atoms with Gasteiger partial charge in [0.05, 0.1) is 17.6 Å². The van der Waals surface area contributed by atoms with Crippen molar-refractivity contribution in [2.24, 2.45) is 5.73 Å². The Morgan fingerprint density at radius 1 is 1.11 bits per heavy atom. The number of amides is 1. The molecule has 0 saturated heterocycles. The summed E-state index contributed by atoms with van der Waals surface area (Å²) in [5, 5.41) is 11.3. The summed E-state index contributed by atoms with van der Waals surface area (Å²) >= 11 is 0. The van der Waals surface area contributed by atoms with Gasteiger partial charge in [-0.25, -0.2) is 0 Å². The van der Waals surface area contributed by atoms with E-state index in [1.54, 1.807) is 12.1 Å². The highest BCUT2D eigenvalue weighted by atomic mass is 16.3. The molecule has 0 aliphatic heterocycles. The van der Waals surface area contributed by atoms with Gasteiger partial charge in [-0.2, -0.15) is 0 Å². The third kappa shape index (κ3) is 2.86. The Morgan fingerprint density at radius 3 is 2.46 bits per heavy atom. The molecule has 0 fully saturated rings. The number of hydrogen-bond donors (Lipinski definition) is 2. The van der Waals surface area contributed by atoms with E-state index in [1.807, 2.05) is 18.2 Å². The van der Waals surface area contributed by atoms with Crippen LogP contribution in [-0.2, 0) is 13.2 Å². The highest BCUT2D eigenvalue weighted by Crippen LogP contribution is 2.33. The molecule has 0 aliphatic rings. The lowest BCUT2D eigenvalue weighted by molar-refractivity contribution is 0.100. The van der Waals surface area contributed by atoms with Gasteiger partial charge in [0.1, 0.15) is 0 Å². The van der Waals surface area contributed by atoms with Gasteiger partial charge >= 0.3 is 0 Å². The first kappa shape index (κ1) is 18.3. The third-order valence-electron chi connectivity index (χ3n) is 5.46. The van der Waals surface area contributed by atoms with Crippen molar-refractivity contribution in [1.29, 1.82) is 0 Å². The van der Waals surface area contributed by atoms with Gasteiger partial charge in [-0.15, -0.1) is 0 Å². The second-order valence-electron chi connectivity index (χ2n) is 7.45. The fourth-order valence-electron chi connectivity index (χ4n) is 4.18. The minimum atomic E-state index is -0.452. The Bertz CT molecular complexity index is 1210. The Morgan fingerprint density at radius 2 is 1.82 bits per heavy atom. The first-order valence-corrected chi connectivity index (χ1v) is 9.33. The average Bonchev–Trinajstić information content (AvgIpc) is 2.97. The average molecular weight is 371 g/mol. The molecule has 0 bridgehead atoms. The topological polar surface area (TPSA) is 68.2 Å². The standard InChI is InChI=1S/C24H23N2O2/c1-14-9-15(2)20(16(3)10-14)12-26-21-6-4-5-19(24(25)28)23(21)18-8-7-17(13-27)11-22(18)26/h4-7,9-11,27H,12-13H2,1-3H3,(H2,25,28). The number of nitrogens with zero attached hydrogens (tertiary/aromatic N) is 1. The van der Waals surface area contributed by atoms with Crippen molar-refractivity contribution < 1.29 is 9.90 Å². The number of primary amides is 1. The molecule has 1 aromatic heterocycles. The third-order valence-corrected chi connectivity index (χ3v) is 5.46. The molecule has 1 radical (unpaired) electrons. The number of aromatic nitrogens is 1. The molecule has 0 spiro atoms. The van der Waals surface area contributed by atoms with E-state index in [1.165, 1.54) is 22.3 Å². The summed E-state index contributed by atoms with van der Waals surface area (Å²) in [5.74, 6) is -0.452. The number of fused-ring (bicyclic) bond motifs is 3. The highest BCUT2D eigenvalue weighted by Gasteiger charge is 2.18. The number of aliphatic hydroxyl groups excluding tert-OH is 1. The summed E-state index contributed by atoms with van der Waals surface area (Å²) in [5.41, 5.74) is 13.8. The molecule has 4 heteroatoms. The maximum Gasteiger partial charge on any atom is 0.249 e. The number of carbonyl (C=O) groups excluding carboxylic acids is 1. The molecule has 3 aromatic carbocycles. The fourth-order valence-corrected chi connectivity index (χ4v) is 4.18. The molecular weight excluding hydrogens is 348 g/mol. The van der Waals surface area contributed by atoms with Crippen molar-refractivity contribution in [3.63, 3.8) is 0 Å². The SMILES string of the molecule is Cc1cc(C)c(Cn2c3cc(CO)c[c]c3c3c(C(N)=O)cccc32)c(C)c1. The smallest absolute Gasteiger partial charge is 0.249 e. The largest absolute Gasteiger partial charge is 0.392 e. The van der Waals surface area contributed by atoms with Crippen molar-refractivity contribution in [3.8, 4) is 0 Å². The van der Waals surface area contributed by atoms with Crippen LogP contribution in [0.1, 0.15) is 38.2 Å². The zero-order valence-corrected chi connectivity index (χ0v) is 16.3. The molecule has 0 unspecified atom stereocenters. The van der Waals surface area contributed by atoms with E-state index in [0.29, 0.717) is 12.1 Å². The van der Waals surface area contributed by atoms with Crippen molar-refractivity contribution >= 4 is 27.7 Å². The van der Waals surface area contributed by atoms with Crippen LogP contribution in [-0.4, -0.2) is 15.6 Å². The molecule has 0 saturated carbocycles. The first-order chi connectivity index (χ1) is 13.4. The lowest BCUT2D eigenvalue weighted by Crippen LogP contribution is -2.11. The van der Waals surface area contributed by atoms with E-state index in [-0.39, 0.29) is 6.61 Å². The molecule has 141 valence electrons. The van der Waals surface area contributed by atoms with E-state index in [2.05, 4.69) is 43.5 Å². The zero-order chi connectivity index (χ0) is 20.0. The lowest BCUT2D eigenvalue weighted by Gasteiger charge is -2.14. The Balaban J connectivity index is 2.06. The molecule has 4 nitrogen and oxygen atoms in total. The second kappa shape index (κ2) is 6.80. The van der Waals surface area contributed by atoms with E-state index >= 15 is 0 Å². The van der Waals surface area contributed by atoms with Crippen LogP contribution in [0.15, 0.2) is 42.5 Å². The minimum absolute atomic E-state index is 0.0563. The zero-order valence-electron chi connectivity index (χ0n) is 16.3. The van der Waals surface area contributed by atoms with Crippen LogP contribution in [0.25, 0.3) is 21.8 Å². The molecule has 4 rings (SSSR count). The molecule has 3 N–H and O–H groups in total. The van der Waals surface area contributed by atoms with Crippen LogP contribution in [0.2, 0.25) is 0 Å². The summed E-state index contributed by atoms with van der Waals surface area (Å²) in [6.45, 7) is 6.97. The normalized spacial score (nSPS) is 11.4. The fraction of sp³-hybridized carbons (Fsp3) is 0.208. The maximum absolute atomic E-state index is 12.1. The van der Waals surface area contributed by atoms with Crippen molar-refractivity contribution in [1.82, 2.24) is 4.57 Å². The van der Waals surface area contributed by atoms with Gasteiger partial charge in [-0.05, 0) is 73.4 Å². The number of rotatable bonds is 4. The van der Waals surface area contributed by atoms with Crippen molar-refractivity contribution in [2.75, 3.05) is 0 Å². The number of benzene rings is 3. The van der Waals surface area contributed by atoms with Crippen molar-refractivity contribution in [3.05, 3.63) is 81.9 Å². The Labute approximate surface area is 164 Å². The number of aryl methyl sites for hydroxylation is 3. The van der Waals surface area contributed by atoms with Gasteiger partial charge in [0, 0.05) is 22.9 Å². The number of hydrogen-bond acceptors (Lipinski definition) is 2. The Hall–Kier alpha value is -3.11. The van der Waals surface area contributed by atoms with E-state index in [4.69, 9.17) is 5.73 Å². The number of aliphatic hydroxyl groups is 1. The summed E-state index contributed by atoms with van der Waals surface area (Å²) in [6.07, 6.45) is 0. The molecule has 0 aliphatic carbocycles. The quantitative estimate of drug-likeness (QED) is 0.566. The first-order valence-electron chi connectivity index (χ1n) is 9.33. The minimum Gasteiger partial charge on any atom is -0.392 e. The molecule has 1 amide bonds. The summed E-state index contributed by atoms with van der Waals surface area (Å²) < 4.78 is 2.19. The van der Waals surface area contributed by atoms with Crippen LogP contribution in [0, 0.1) is 26.8 Å². The van der Waals surface area contributed by atoms with Crippen LogP contribution < -0.4 is 5.73 Å². The predicted molar refractivity (Wildman–Crippen MR) is 112 cm³/mol. The second-order valence-corrected chi connectivity index (χ2v) is 7.45. The van der Waals surface area contributed by atoms with Gasteiger partial charge in [0.25, 0.3) is 0 Å². The van der Waals surface area contributed by atoms with Gasteiger partial charge in [0.2, 0.25) is 5.91 Å². The van der Waals surface area contributed by atoms with Gasteiger partial charge < -0.3 is 15.4 Å². The van der Waals surface area contributed by atoms with Gasteiger partial charge in [0.15, 0.2) is 0 Å². The van der Waals surface area contributed by atoms with Crippen LogP contribution in [0.3, 0.4) is 0 Å². The molecule has 28 heavy (non-hydrogen) atoms. The molecule has 4 aromatic rings. The summed E-state index contributed by atoms with van der Waals surface area (Å²) in [7, 11) is 0. The highest BCUT2D eigenvalue weighted by molar-refractivity contribution is 6.17. The van der Waals surface area contributed by atoms with Gasteiger partial charge in [-0.3, -0.25) is 4.79 Å². The van der Waals surface area contributed by atoms with Crippen molar-refractivity contribution in [2.45, 2.75) is 33.9 Å². The summed E-state index contributed by atoms with van der Waals surface area (Å²) in [4.78, 5) is 12.1. The predicted octanol–water partition coefficient (Wildman–Crippen LogP) is 4.16. The number of carbonyl (C=O) groups is 1.